The van der Waals surface area contributed by atoms with Crippen LogP contribution in [0, 0.1) is 0 Å². The average molecular weight is 344 g/mol. The van der Waals surface area contributed by atoms with E-state index in [0.717, 1.165) is 55.3 Å². The molecule has 0 unspecified atom stereocenters. The summed E-state index contributed by atoms with van der Waals surface area (Å²) in [6.45, 7) is 6.73. The summed E-state index contributed by atoms with van der Waals surface area (Å²) in [6, 6.07) is 8.66. The third-order valence-corrected chi connectivity index (χ3v) is 4.69. The Balaban J connectivity index is 1.72. The molecule has 2 aromatic rings. The number of hydrogen-bond donors (Lipinski definition) is 0. The lowest BCUT2D eigenvalue weighted by Gasteiger charge is -2.23. The molecule has 3 rings (SSSR count). The highest BCUT2D eigenvalue weighted by molar-refractivity contribution is 5.43. The summed E-state index contributed by atoms with van der Waals surface area (Å²) in [4.78, 5) is 2.47. The largest absolute Gasteiger partial charge is 0.493 e. The first-order chi connectivity index (χ1) is 12.2. The van der Waals surface area contributed by atoms with E-state index in [9.17, 15) is 0 Å². The van der Waals surface area contributed by atoms with Gasteiger partial charge in [-0.2, -0.15) is 0 Å². The molecule has 5 heteroatoms. The van der Waals surface area contributed by atoms with Crippen molar-refractivity contribution < 1.29 is 14.0 Å². The van der Waals surface area contributed by atoms with Crippen LogP contribution in [0.25, 0.3) is 0 Å². The molecule has 0 saturated carbocycles. The van der Waals surface area contributed by atoms with Crippen LogP contribution in [0.3, 0.4) is 0 Å². The maximum Gasteiger partial charge on any atom is 0.161 e. The molecule has 25 heavy (non-hydrogen) atoms. The normalized spacial score (nSPS) is 17.8. The van der Waals surface area contributed by atoms with Gasteiger partial charge in [0.05, 0.1) is 19.8 Å². The van der Waals surface area contributed by atoms with Crippen molar-refractivity contribution in [2.45, 2.75) is 52.1 Å². The molecule has 0 bridgehead atoms. The Labute approximate surface area is 149 Å². The van der Waals surface area contributed by atoms with E-state index in [-0.39, 0.29) is 0 Å². The van der Waals surface area contributed by atoms with Crippen molar-refractivity contribution in [2.75, 3.05) is 20.3 Å². The van der Waals surface area contributed by atoms with E-state index >= 15 is 0 Å². The van der Waals surface area contributed by atoms with Crippen molar-refractivity contribution in [3.05, 3.63) is 41.3 Å². The Hall–Kier alpha value is -2.01. The number of aromatic nitrogens is 1. The second kappa shape index (κ2) is 8.39. The number of aryl methyl sites for hydroxylation is 1. The number of hydrogen-bond acceptors (Lipinski definition) is 5. The van der Waals surface area contributed by atoms with Crippen molar-refractivity contribution in [1.82, 2.24) is 10.1 Å². The third-order valence-electron chi connectivity index (χ3n) is 4.69. The fraction of sp³-hybridized carbons (Fsp3) is 0.550. The van der Waals surface area contributed by atoms with Gasteiger partial charge in [0.25, 0.3) is 0 Å². The number of benzene rings is 1. The van der Waals surface area contributed by atoms with Gasteiger partial charge in [0.15, 0.2) is 11.5 Å². The number of rotatable bonds is 8. The SMILES string of the molecule is CCCc1cc([C@H]2CCCN2Cc2ccc(OCC)c(OC)c2)no1. The number of ether oxygens (including phenoxy) is 2. The van der Waals surface area contributed by atoms with Gasteiger partial charge >= 0.3 is 0 Å². The van der Waals surface area contributed by atoms with Crippen molar-refractivity contribution in [3.63, 3.8) is 0 Å². The van der Waals surface area contributed by atoms with E-state index in [1.807, 2.05) is 13.0 Å². The van der Waals surface area contributed by atoms with Gasteiger partial charge in [-0.05, 0) is 50.4 Å². The lowest BCUT2D eigenvalue weighted by molar-refractivity contribution is 0.235. The lowest BCUT2D eigenvalue weighted by Crippen LogP contribution is -2.23. The zero-order valence-electron chi connectivity index (χ0n) is 15.5. The monoisotopic (exact) mass is 344 g/mol. The highest BCUT2D eigenvalue weighted by atomic mass is 16.5. The predicted molar refractivity (Wildman–Crippen MR) is 97.0 cm³/mol. The Bertz CT molecular complexity index is 683. The molecular formula is C20H28N2O3. The van der Waals surface area contributed by atoms with Crippen LogP contribution in [0.2, 0.25) is 0 Å². The summed E-state index contributed by atoms with van der Waals surface area (Å²) in [6.07, 6.45) is 4.35. The van der Waals surface area contributed by atoms with Crippen molar-refractivity contribution in [1.29, 1.82) is 0 Å². The smallest absolute Gasteiger partial charge is 0.161 e. The molecule has 0 aliphatic carbocycles. The fourth-order valence-electron chi connectivity index (χ4n) is 3.52. The Morgan fingerprint density at radius 2 is 2.12 bits per heavy atom. The van der Waals surface area contributed by atoms with E-state index in [1.54, 1.807) is 7.11 Å². The van der Waals surface area contributed by atoms with Crippen LogP contribution >= 0.6 is 0 Å². The Kier molecular flexibility index (Phi) is 5.97. The molecule has 0 N–H and O–H groups in total. The molecule has 1 fully saturated rings. The van der Waals surface area contributed by atoms with Crippen LogP contribution in [0.1, 0.15) is 56.2 Å². The van der Waals surface area contributed by atoms with Gasteiger partial charge in [0.1, 0.15) is 11.5 Å². The van der Waals surface area contributed by atoms with Gasteiger partial charge in [-0.3, -0.25) is 4.90 Å². The summed E-state index contributed by atoms with van der Waals surface area (Å²) in [5, 5.41) is 4.32. The molecule has 1 atom stereocenters. The first kappa shape index (κ1) is 17.8. The van der Waals surface area contributed by atoms with Gasteiger partial charge in [-0.15, -0.1) is 0 Å². The number of likely N-dealkylation sites (tertiary alicyclic amines) is 1. The van der Waals surface area contributed by atoms with Gasteiger partial charge in [-0.25, -0.2) is 0 Å². The number of nitrogens with zero attached hydrogens (tertiary/aromatic N) is 2. The zero-order valence-corrected chi connectivity index (χ0v) is 15.5. The molecule has 1 aliphatic heterocycles. The molecule has 0 radical (unpaired) electrons. The van der Waals surface area contributed by atoms with Crippen molar-refractivity contribution >= 4 is 0 Å². The summed E-state index contributed by atoms with van der Waals surface area (Å²) in [5.74, 6) is 2.58. The van der Waals surface area contributed by atoms with E-state index in [4.69, 9.17) is 14.0 Å². The van der Waals surface area contributed by atoms with E-state index in [0.29, 0.717) is 12.6 Å². The summed E-state index contributed by atoms with van der Waals surface area (Å²) < 4.78 is 16.6. The van der Waals surface area contributed by atoms with Gasteiger partial charge in [-0.1, -0.05) is 18.1 Å². The van der Waals surface area contributed by atoms with Crippen LogP contribution in [0.4, 0.5) is 0 Å². The molecule has 5 nitrogen and oxygen atoms in total. The summed E-state index contributed by atoms with van der Waals surface area (Å²) >= 11 is 0. The summed E-state index contributed by atoms with van der Waals surface area (Å²) in [7, 11) is 1.69. The highest BCUT2D eigenvalue weighted by Crippen LogP contribution is 2.34. The highest BCUT2D eigenvalue weighted by Gasteiger charge is 2.28. The molecule has 1 saturated heterocycles. The minimum atomic E-state index is 0.340. The molecular weight excluding hydrogens is 316 g/mol. The molecule has 2 heterocycles. The lowest BCUT2D eigenvalue weighted by atomic mass is 10.1. The molecule has 0 spiro atoms. The Morgan fingerprint density at radius 3 is 2.88 bits per heavy atom. The van der Waals surface area contributed by atoms with Gasteiger partial charge in [0, 0.05) is 19.0 Å². The first-order valence-electron chi connectivity index (χ1n) is 9.24. The molecule has 1 aromatic carbocycles. The molecule has 1 aliphatic rings. The first-order valence-corrected chi connectivity index (χ1v) is 9.24. The number of methoxy groups -OCH3 is 1. The molecule has 0 amide bonds. The zero-order chi connectivity index (χ0) is 17.6. The minimum absolute atomic E-state index is 0.340. The van der Waals surface area contributed by atoms with Crippen LogP contribution in [0.15, 0.2) is 28.8 Å². The van der Waals surface area contributed by atoms with Gasteiger partial charge in [0.2, 0.25) is 0 Å². The van der Waals surface area contributed by atoms with E-state index < -0.39 is 0 Å². The fourth-order valence-corrected chi connectivity index (χ4v) is 3.52. The van der Waals surface area contributed by atoms with Crippen LogP contribution in [-0.2, 0) is 13.0 Å². The minimum Gasteiger partial charge on any atom is -0.493 e. The molecule has 1 aromatic heterocycles. The maximum atomic E-state index is 5.61. The standard InChI is InChI=1S/C20H28N2O3/c1-4-7-16-13-17(21-25-16)18-8-6-11-22(18)14-15-9-10-19(24-5-2)20(12-15)23-3/h9-10,12-13,18H,4-8,11,14H2,1-3H3/t18-/m1/s1. The van der Waals surface area contributed by atoms with Crippen molar-refractivity contribution in [3.8, 4) is 11.5 Å². The van der Waals surface area contributed by atoms with Crippen LogP contribution in [-0.4, -0.2) is 30.3 Å². The summed E-state index contributed by atoms with van der Waals surface area (Å²) in [5.41, 5.74) is 2.29. The maximum absolute atomic E-state index is 5.61. The van der Waals surface area contributed by atoms with Crippen LogP contribution < -0.4 is 9.47 Å². The topological polar surface area (TPSA) is 47.7 Å². The average Bonchev–Trinajstić information content (AvgIpc) is 3.26. The quantitative estimate of drug-likeness (QED) is 0.711. The third kappa shape index (κ3) is 4.15. The van der Waals surface area contributed by atoms with Crippen molar-refractivity contribution in [2.24, 2.45) is 0 Å². The second-order valence-electron chi connectivity index (χ2n) is 6.51. The molecule has 136 valence electrons. The van der Waals surface area contributed by atoms with Crippen LogP contribution in [0.5, 0.6) is 11.5 Å². The van der Waals surface area contributed by atoms with E-state index in [1.165, 1.54) is 12.0 Å². The second-order valence-corrected chi connectivity index (χ2v) is 6.51. The predicted octanol–water partition coefficient (Wildman–Crippen LogP) is 4.37. The van der Waals surface area contributed by atoms with Gasteiger partial charge < -0.3 is 14.0 Å². The van der Waals surface area contributed by atoms with E-state index in [2.05, 4.69) is 35.2 Å². The Morgan fingerprint density at radius 1 is 1.24 bits per heavy atom.